The van der Waals surface area contributed by atoms with Crippen molar-refractivity contribution in [1.82, 2.24) is 4.90 Å². The van der Waals surface area contributed by atoms with Gasteiger partial charge in [-0.15, -0.1) is 22.9 Å². The minimum atomic E-state index is 0.117. The van der Waals surface area contributed by atoms with Crippen LogP contribution in [-0.4, -0.2) is 36.9 Å². The van der Waals surface area contributed by atoms with Crippen LogP contribution in [0.3, 0.4) is 0 Å². The minimum Gasteiger partial charge on any atom is -0.496 e. The van der Waals surface area contributed by atoms with Crippen molar-refractivity contribution in [2.24, 2.45) is 5.92 Å². The lowest BCUT2D eigenvalue weighted by atomic mass is 9.99. The molecule has 0 unspecified atom stereocenters. The Morgan fingerprint density at radius 2 is 2.29 bits per heavy atom. The number of carbonyl (C=O) groups is 1. The third kappa shape index (κ3) is 2.93. The van der Waals surface area contributed by atoms with Crippen LogP contribution in [0.15, 0.2) is 11.4 Å². The number of hydrogen-bond acceptors (Lipinski definition) is 3. The maximum Gasteiger partial charge on any atom is 0.264 e. The van der Waals surface area contributed by atoms with Gasteiger partial charge in [0, 0.05) is 30.4 Å². The average molecular weight is 274 g/mol. The molecule has 0 N–H and O–H groups in total. The van der Waals surface area contributed by atoms with Crippen LogP contribution in [0.5, 0.6) is 5.75 Å². The number of rotatable bonds is 3. The largest absolute Gasteiger partial charge is 0.496 e. The predicted molar refractivity (Wildman–Crippen MR) is 70.2 cm³/mol. The van der Waals surface area contributed by atoms with E-state index in [0.29, 0.717) is 11.8 Å². The predicted octanol–water partition coefficient (Wildman–Crippen LogP) is 2.85. The Hall–Kier alpha value is -0.740. The number of thiophene rings is 1. The van der Waals surface area contributed by atoms with E-state index in [1.165, 1.54) is 11.3 Å². The number of likely N-dealkylation sites (tertiary alicyclic amines) is 1. The molecule has 0 spiro atoms. The molecule has 0 atom stereocenters. The standard InChI is InChI=1S/C12H16ClNO2S/c1-16-10-6-11(17-8-10)12(15)14-4-2-9(7-13)3-5-14/h6,8-9H,2-5,7H2,1H3. The molecule has 1 aliphatic heterocycles. The van der Waals surface area contributed by atoms with Gasteiger partial charge in [-0.1, -0.05) is 0 Å². The van der Waals surface area contributed by atoms with Crippen molar-refractivity contribution in [2.45, 2.75) is 12.8 Å². The summed E-state index contributed by atoms with van der Waals surface area (Å²) >= 11 is 7.27. The summed E-state index contributed by atoms with van der Waals surface area (Å²) in [7, 11) is 1.61. The van der Waals surface area contributed by atoms with Gasteiger partial charge in [-0.2, -0.15) is 0 Å². The first kappa shape index (κ1) is 12.7. The van der Waals surface area contributed by atoms with E-state index < -0.39 is 0 Å². The highest BCUT2D eigenvalue weighted by Crippen LogP contribution is 2.25. The molecule has 0 bridgehead atoms. The van der Waals surface area contributed by atoms with E-state index in [-0.39, 0.29) is 5.91 Å². The number of alkyl halides is 1. The monoisotopic (exact) mass is 273 g/mol. The van der Waals surface area contributed by atoms with Crippen LogP contribution in [0.25, 0.3) is 0 Å². The second kappa shape index (κ2) is 5.74. The van der Waals surface area contributed by atoms with Crippen LogP contribution in [0.1, 0.15) is 22.5 Å². The summed E-state index contributed by atoms with van der Waals surface area (Å²) in [6.07, 6.45) is 2.02. The molecule has 2 heterocycles. The van der Waals surface area contributed by atoms with Crippen molar-refractivity contribution in [3.63, 3.8) is 0 Å². The Kier molecular flexibility index (Phi) is 4.29. The number of methoxy groups -OCH3 is 1. The van der Waals surface area contributed by atoms with Gasteiger partial charge in [-0.25, -0.2) is 0 Å². The van der Waals surface area contributed by atoms with Crippen LogP contribution in [-0.2, 0) is 0 Å². The Morgan fingerprint density at radius 1 is 1.59 bits per heavy atom. The number of nitrogens with zero attached hydrogens (tertiary/aromatic N) is 1. The Balaban J connectivity index is 1.96. The molecule has 94 valence electrons. The van der Waals surface area contributed by atoms with Gasteiger partial charge in [-0.3, -0.25) is 4.79 Å². The highest BCUT2D eigenvalue weighted by molar-refractivity contribution is 7.12. The Bertz CT molecular complexity index is 386. The van der Waals surface area contributed by atoms with Gasteiger partial charge in [0.1, 0.15) is 5.75 Å². The number of piperidine rings is 1. The lowest BCUT2D eigenvalue weighted by Crippen LogP contribution is -2.38. The summed E-state index contributed by atoms with van der Waals surface area (Å²) < 4.78 is 5.09. The second-order valence-corrected chi connectivity index (χ2v) is 5.46. The molecule has 3 nitrogen and oxygen atoms in total. The molecule has 1 aliphatic rings. The smallest absolute Gasteiger partial charge is 0.264 e. The van der Waals surface area contributed by atoms with Crippen LogP contribution >= 0.6 is 22.9 Å². The van der Waals surface area contributed by atoms with Crippen LogP contribution in [0.4, 0.5) is 0 Å². The maximum absolute atomic E-state index is 12.2. The van der Waals surface area contributed by atoms with Gasteiger partial charge >= 0.3 is 0 Å². The zero-order chi connectivity index (χ0) is 12.3. The molecule has 1 saturated heterocycles. The number of carbonyl (C=O) groups excluding carboxylic acids is 1. The lowest BCUT2D eigenvalue weighted by Gasteiger charge is -2.30. The first-order valence-electron chi connectivity index (χ1n) is 5.72. The highest BCUT2D eigenvalue weighted by atomic mass is 35.5. The second-order valence-electron chi connectivity index (χ2n) is 4.24. The van der Waals surface area contributed by atoms with E-state index in [4.69, 9.17) is 16.3 Å². The molecule has 1 amide bonds. The zero-order valence-electron chi connectivity index (χ0n) is 9.82. The van der Waals surface area contributed by atoms with Crippen molar-refractivity contribution in [2.75, 3.05) is 26.1 Å². The fourth-order valence-corrected chi connectivity index (χ4v) is 3.11. The van der Waals surface area contributed by atoms with Crippen molar-refractivity contribution in [3.8, 4) is 5.75 Å². The molecule has 2 rings (SSSR count). The Morgan fingerprint density at radius 3 is 2.82 bits per heavy atom. The van der Waals surface area contributed by atoms with Gasteiger partial charge < -0.3 is 9.64 Å². The van der Waals surface area contributed by atoms with E-state index in [1.54, 1.807) is 13.2 Å². The van der Waals surface area contributed by atoms with E-state index in [2.05, 4.69) is 0 Å². The number of hydrogen-bond donors (Lipinski definition) is 0. The van der Waals surface area contributed by atoms with E-state index in [0.717, 1.165) is 36.6 Å². The minimum absolute atomic E-state index is 0.117. The summed E-state index contributed by atoms with van der Waals surface area (Å²) in [5.74, 6) is 2.15. The number of ether oxygens (including phenoxy) is 1. The molecule has 17 heavy (non-hydrogen) atoms. The summed E-state index contributed by atoms with van der Waals surface area (Å²) in [5, 5.41) is 1.86. The molecule has 0 saturated carbocycles. The molecule has 1 aromatic heterocycles. The normalized spacial score (nSPS) is 17.2. The molecule has 0 radical (unpaired) electrons. The topological polar surface area (TPSA) is 29.5 Å². The highest BCUT2D eigenvalue weighted by Gasteiger charge is 2.24. The van der Waals surface area contributed by atoms with Crippen molar-refractivity contribution < 1.29 is 9.53 Å². The molecule has 5 heteroatoms. The molecular formula is C12H16ClNO2S. The van der Waals surface area contributed by atoms with E-state index in [9.17, 15) is 4.79 Å². The van der Waals surface area contributed by atoms with Crippen LogP contribution in [0, 0.1) is 5.92 Å². The van der Waals surface area contributed by atoms with Crippen molar-refractivity contribution >= 4 is 28.8 Å². The quantitative estimate of drug-likeness (QED) is 0.793. The van der Waals surface area contributed by atoms with E-state index in [1.807, 2.05) is 10.3 Å². The van der Waals surface area contributed by atoms with Gasteiger partial charge in [-0.05, 0) is 18.8 Å². The molecular weight excluding hydrogens is 258 g/mol. The number of halogens is 1. The summed E-state index contributed by atoms with van der Waals surface area (Å²) in [5.41, 5.74) is 0. The first-order valence-corrected chi connectivity index (χ1v) is 7.13. The lowest BCUT2D eigenvalue weighted by molar-refractivity contribution is 0.0703. The maximum atomic E-state index is 12.2. The van der Waals surface area contributed by atoms with Crippen LogP contribution < -0.4 is 4.74 Å². The molecule has 1 fully saturated rings. The zero-order valence-corrected chi connectivity index (χ0v) is 11.4. The third-order valence-electron chi connectivity index (χ3n) is 3.14. The van der Waals surface area contributed by atoms with E-state index >= 15 is 0 Å². The van der Waals surface area contributed by atoms with Crippen LogP contribution in [0.2, 0.25) is 0 Å². The van der Waals surface area contributed by atoms with Gasteiger partial charge in [0.05, 0.1) is 12.0 Å². The summed E-state index contributed by atoms with van der Waals surface area (Å²) in [6, 6.07) is 1.81. The van der Waals surface area contributed by atoms with Crippen molar-refractivity contribution in [3.05, 3.63) is 16.3 Å². The molecule has 1 aromatic rings. The third-order valence-corrected chi connectivity index (χ3v) is 4.47. The fraction of sp³-hybridized carbons (Fsp3) is 0.583. The SMILES string of the molecule is COc1csc(C(=O)N2CCC(CCl)CC2)c1. The summed E-state index contributed by atoms with van der Waals surface area (Å²) in [6.45, 7) is 1.63. The average Bonchev–Trinajstić information content (AvgIpc) is 2.87. The number of amides is 1. The molecule has 0 aromatic carbocycles. The van der Waals surface area contributed by atoms with Gasteiger partial charge in [0.25, 0.3) is 5.91 Å². The summed E-state index contributed by atoms with van der Waals surface area (Å²) in [4.78, 5) is 14.8. The molecule has 0 aliphatic carbocycles. The first-order chi connectivity index (χ1) is 8.24. The van der Waals surface area contributed by atoms with Gasteiger partial charge in [0.2, 0.25) is 0 Å². The van der Waals surface area contributed by atoms with Crippen molar-refractivity contribution in [1.29, 1.82) is 0 Å². The fourth-order valence-electron chi connectivity index (χ4n) is 1.98. The Labute approximate surface area is 110 Å². The van der Waals surface area contributed by atoms with Gasteiger partial charge in [0.15, 0.2) is 0 Å².